The van der Waals surface area contributed by atoms with Gasteiger partial charge in [-0.2, -0.15) is 0 Å². The molecule has 0 aliphatic rings. The molecule has 1 aromatic carbocycles. The quantitative estimate of drug-likeness (QED) is 0.851. The van der Waals surface area contributed by atoms with Crippen molar-refractivity contribution in [1.82, 2.24) is 9.55 Å². The summed E-state index contributed by atoms with van der Waals surface area (Å²) in [5, 5.41) is 0.678. The van der Waals surface area contributed by atoms with Crippen molar-refractivity contribution in [3.63, 3.8) is 0 Å². The van der Waals surface area contributed by atoms with Crippen molar-refractivity contribution < 1.29 is 0 Å². The van der Waals surface area contributed by atoms with Gasteiger partial charge in [0.1, 0.15) is 5.69 Å². The number of aromatic nitrogens is 2. The van der Waals surface area contributed by atoms with E-state index in [1.807, 2.05) is 12.1 Å². The first kappa shape index (κ1) is 12.0. The van der Waals surface area contributed by atoms with Crippen LogP contribution in [0.3, 0.4) is 0 Å². The monoisotopic (exact) mass is 269 g/mol. The second kappa shape index (κ2) is 4.77. The molecule has 6 heteroatoms. The number of anilines is 1. The fourth-order valence-electron chi connectivity index (χ4n) is 1.38. The summed E-state index contributed by atoms with van der Waals surface area (Å²) >= 11 is 11.4. The summed E-state index contributed by atoms with van der Waals surface area (Å²) in [6.45, 7) is 0.379. The summed E-state index contributed by atoms with van der Waals surface area (Å²) in [7, 11) is 0. The Morgan fingerprint density at radius 3 is 2.53 bits per heavy atom. The van der Waals surface area contributed by atoms with Crippen LogP contribution in [0.5, 0.6) is 0 Å². The Hall–Kier alpha value is -1.52. The van der Waals surface area contributed by atoms with E-state index in [2.05, 4.69) is 4.98 Å². The van der Waals surface area contributed by atoms with Gasteiger partial charge in [-0.05, 0) is 17.7 Å². The van der Waals surface area contributed by atoms with Crippen LogP contribution in [0.25, 0.3) is 0 Å². The van der Waals surface area contributed by atoms with Crippen LogP contribution in [0, 0.1) is 0 Å². The minimum absolute atomic E-state index is 0.0300. The normalized spacial score (nSPS) is 10.5. The number of benzene rings is 1. The molecule has 4 nitrogen and oxygen atoms in total. The molecule has 0 saturated heterocycles. The molecule has 0 atom stereocenters. The number of hydrogen-bond donors (Lipinski definition) is 1. The number of nitrogen functional groups attached to an aromatic ring is 1. The van der Waals surface area contributed by atoms with E-state index in [9.17, 15) is 4.79 Å². The van der Waals surface area contributed by atoms with Gasteiger partial charge in [0.05, 0.1) is 12.9 Å². The predicted octanol–water partition coefficient (Wildman–Crippen LogP) is 2.18. The lowest BCUT2D eigenvalue weighted by Crippen LogP contribution is -2.24. The highest BCUT2D eigenvalue weighted by Gasteiger charge is 2.06. The largest absolute Gasteiger partial charge is 0.392 e. The average Bonchev–Trinajstić information content (AvgIpc) is 2.33. The highest BCUT2D eigenvalue weighted by atomic mass is 35.5. The maximum atomic E-state index is 11.7. The van der Waals surface area contributed by atoms with Crippen molar-refractivity contribution in [3.8, 4) is 0 Å². The smallest absolute Gasteiger partial charge is 0.278 e. The molecule has 1 aromatic heterocycles. The highest BCUT2D eigenvalue weighted by molar-refractivity contribution is 6.31. The first-order chi connectivity index (χ1) is 8.08. The second-order valence-corrected chi connectivity index (χ2v) is 4.30. The van der Waals surface area contributed by atoms with E-state index in [1.165, 1.54) is 10.9 Å². The molecule has 2 aromatic rings. The van der Waals surface area contributed by atoms with E-state index in [-0.39, 0.29) is 16.4 Å². The molecule has 0 saturated carbocycles. The molecule has 0 bridgehead atoms. The van der Waals surface area contributed by atoms with Gasteiger partial charge in [0, 0.05) is 5.02 Å². The first-order valence-electron chi connectivity index (χ1n) is 4.83. The molecule has 0 unspecified atom stereocenters. The summed E-state index contributed by atoms with van der Waals surface area (Å²) in [4.78, 5) is 15.6. The van der Waals surface area contributed by atoms with Crippen molar-refractivity contribution in [1.29, 1.82) is 0 Å². The molecule has 0 fully saturated rings. The van der Waals surface area contributed by atoms with Gasteiger partial charge in [0.25, 0.3) is 5.56 Å². The molecule has 0 aliphatic heterocycles. The van der Waals surface area contributed by atoms with E-state index in [0.717, 1.165) is 5.56 Å². The van der Waals surface area contributed by atoms with Gasteiger partial charge in [0.15, 0.2) is 5.15 Å². The Bertz CT molecular complexity index is 593. The van der Waals surface area contributed by atoms with Crippen molar-refractivity contribution in [2.45, 2.75) is 6.54 Å². The molecule has 2 N–H and O–H groups in total. The highest BCUT2D eigenvalue weighted by Crippen LogP contribution is 2.12. The lowest BCUT2D eigenvalue weighted by Gasteiger charge is -2.06. The van der Waals surface area contributed by atoms with Crippen LogP contribution in [0.15, 0.2) is 35.4 Å². The molecule has 17 heavy (non-hydrogen) atoms. The van der Waals surface area contributed by atoms with E-state index >= 15 is 0 Å². The van der Waals surface area contributed by atoms with E-state index in [0.29, 0.717) is 11.6 Å². The predicted molar refractivity (Wildman–Crippen MR) is 68.5 cm³/mol. The van der Waals surface area contributed by atoms with Crippen LogP contribution >= 0.6 is 23.2 Å². The second-order valence-electron chi connectivity index (χ2n) is 3.51. The fourth-order valence-corrected chi connectivity index (χ4v) is 1.63. The Kier molecular flexibility index (Phi) is 3.36. The molecular formula is C11H9Cl2N3O. The number of nitrogens with zero attached hydrogens (tertiary/aromatic N) is 2. The molecule has 0 spiro atoms. The third-order valence-electron chi connectivity index (χ3n) is 2.29. The lowest BCUT2D eigenvalue weighted by molar-refractivity contribution is 0.739. The van der Waals surface area contributed by atoms with Gasteiger partial charge in [0.2, 0.25) is 0 Å². The average molecular weight is 270 g/mol. The topological polar surface area (TPSA) is 60.9 Å². The Labute approximate surface area is 108 Å². The van der Waals surface area contributed by atoms with Gasteiger partial charge in [-0.25, -0.2) is 4.98 Å². The number of nitrogens with two attached hydrogens (primary N) is 1. The number of halogens is 2. The summed E-state index contributed by atoms with van der Waals surface area (Å²) in [5.74, 6) is 0. The molecule has 88 valence electrons. The zero-order valence-corrected chi connectivity index (χ0v) is 10.2. The van der Waals surface area contributed by atoms with Crippen LogP contribution < -0.4 is 11.3 Å². The minimum Gasteiger partial charge on any atom is -0.392 e. The molecule has 0 amide bonds. The van der Waals surface area contributed by atoms with Crippen LogP contribution in [0.2, 0.25) is 10.2 Å². The molecule has 0 aliphatic carbocycles. The Balaban J connectivity index is 2.34. The van der Waals surface area contributed by atoms with E-state index < -0.39 is 0 Å². The molecular weight excluding hydrogens is 261 g/mol. The van der Waals surface area contributed by atoms with Crippen molar-refractivity contribution in [3.05, 3.63) is 56.7 Å². The van der Waals surface area contributed by atoms with Crippen molar-refractivity contribution >= 4 is 28.9 Å². The maximum Gasteiger partial charge on any atom is 0.278 e. The van der Waals surface area contributed by atoms with Crippen molar-refractivity contribution in [2.75, 3.05) is 5.73 Å². The van der Waals surface area contributed by atoms with Crippen LogP contribution in [0.4, 0.5) is 5.69 Å². The van der Waals surface area contributed by atoms with Gasteiger partial charge in [-0.15, -0.1) is 0 Å². The van der Waals surface area contributed by atoms with Gasteiger partial charge < -0.3 is 5.73 Å². The number of rotatable bonds is 2. The summed E-state index contributed by atoms with van der Waals surface area (Å²) in [5.41, 5.74) is 6.06. The first-order valence-corrected chi connectivity index (χ1v) is 5.58. The van der Waals surface area contributed by atoms with Gasteiger partial charge >= 0.3 is 0 Å². The molecule has 0 radical (unpaired) electrons. The zero-order valence-electron chi connectivity index (χ0n) is 8.73. The van der Waals surface area contributed by atoms with E-state index in [4.69, 9.17) is 28.9 Å². The van der Waals surface area contributed by atoms with Crippen LogP contribution in [-0.4, -0.2) is 9.55 Å². The molecule has 2 rings (SSSR count). The standard InChI is InChI=1S/C11H9Cl2N3O/c12-8-3-1-7(2-4-8)5-16-6-15-10(13)9(14)11(16)17/h1-4,6H,5,14H2. The van der Waals surface area contributed by atoms with Gasteiger partial charge in [-0.1, -0.05) is 35.3 Å². The Morgan fingerprint density at radius 2 is 1.88 bits per heavy atom. The third kappa shape index (κ3) is 2.60. The lowest BCUT2D eigenvalue weighted by atomic mass is 10.2. The zero-order chi connectivity index (χ0) is 12.4. The summed E-state index contributed by atoms with van der Waals surface area (Å²) in [6.07, 6.45) is 1.37. The SMILES string of the molecule is Nc1c(Cl)ncn(Cc2ccc(Cl)cc2)c1=O. The van der Waals surface area contributed by atoms with Crippen LogP contribution in [-0.2, 0) is 6.54 Å². The minimum atomic E-state index is -0.347. The van der Waals surface area contributed by atoms with Crippen molar-refractivity contribution in [2.24, 2.45) is 0 Å². The Morgan fingerprint density at radius 1 is 1.24 bits per heavy atom. The van der Waals surface area contributed by atoms with E-state index in [1.54, 1.807) is 12.1 Å². The number of hydrogen-bond acceptors (Lipinski definition) is 3. The summed E-state index contributed by atoms with van der Waals surface area (Å²) < 4.78 is 1.39. The maximum absolute atomic E-state index is 11.7. The molecule has 1 heterocycles. The third-order valence-corrected chi connectivity index (χ3v) is 2.84. The van der Waals surface area contributed by atoms with Gasteiger partial charge in [-0.3, -0.25) is 9.36 Å². The summed E-state index contributed by atoms with van der Waals surface area (Å²) in [6, 6.07) is 7.18. The fraction of sp³-hybridized carbons (Fsp3) is 0.0909. The van der Waals surface area contributed by atoms with Crippen LogP contribution in [0.1, 0.15) is 5.56 Å².